The van der Waals surface area contributed by atoms with Crippen molar-refractivity contribution in [3.05, 3.63) is 34.9 Å². The predicted octanol–water partition coefficient (Wildman–Crippen LogP) is 0.465. The Hall–Kier alpha value is -2.50. The summed E-state index contributed by atoms with van der Waals surface area (Å²) in [7, 11) is 0. The fourth-order valence-electron chi connectivity index (χ4n) is 1.13. The highest BCUT2D eigenvalue weighted by molar-refractivity contribution is 6.33. The van der Waals surface area contributed by atoms with Crippen molar-refractivity contribution in [3.8, 4) is 0 Å². The van der Waals surface area contributed by atoms with Crippen molar-refractivity contribution in [1.29, 1.82) is 0 Å². The average molecular weight is 222 g/mol. The molecule has 0 fully saturated rings. The van der Waals surface area contributed by atoms with E-state index in [1.165, 1.54) is 0 Å². The molecule has 0 bridgehead atoms. The molecule has 2 N–H and O–H groups in total. The van der Waals surface area contributed by atoms with E-state index < -0.39 is 28.8 Å². The molecule has 0 saturated heterocycles. The Morgan fingerprint density at radius 2 is 1.56 bits per heavy atom. The fraction of sp³-hybridized carbons (Fsp3) is 0. The van der Waals surface area contributed by atoms with Crippen LogP contribution in [0.1, 0.15) is 31.1 Å². The fourth-order valence-corrected chi connectivity index (χ4v) is 1.13. The van der Waals surface area contributed by atoms with E-state index in [4.69, 9.17) is 10.2 Å². The van der Waals surface area contributed by atoms with E-state index in [0.29, 0.717) is 0 Å². The Morgan fingerprint density at radius 1 is 1.00 bits per heavy atom. The first-order valence-electron chi connectivity index (χ1n) is 4.07. The van der Waals surface area contributed by atoms with Crippen LogP contribution >= 0.6 is 0 Å². The standard InChI is InChI=1S/C10H6O6/c11-4-8(12)5-1-2-6(9(13)14)7(3-5)10(15)16/h1-4H,(H,13,14)(H,15,16). The summed E-state index contributed by atoms with van der Waals surface area (Å²) in [6.45, 7) is 0. The zero-order valence-corrected chi connectivity index (χ0v) is 7.84. The highest BCUT2D eigenvalue weighted by atomic mass is 16.4. The predicted molar refractivity (Wildman–Crippen MR) is 50.8 cm³/mol. The van der Waals surface area contributed by atoms with Crippen LogP contribution in [0.15, 0.2) is 18.2 Å². The number of aromatic carboxylic acids is 2. The summed E-state index contributed by atoms with van der Waals surface area (Å²) in [4.78, 5) is 42.5. The van der Waals surface area contributed by atoms with Gasteiger partial charge in [-0.1, -0.05) is 6.07 Å². The van der Waals surface area contributed by atoms with E-state index in [-0.39, 0.29) is 11.8 Å². The van der Waals surface area contributed by atoms with Crippen LogP contribution in [0.2, 0.25) is 0 Å². The van der Waals surface area contributed by atoms with Gasteiger partial charge in [0, 0.05) is 5.56 Å². The second-order valence-electron chi connectivity index (χ2n) is 2.85. The lowest BCUT2D eigenvalue weighted by molar-refractivity contribution is -0.104. The van der Waals surface area contributed by atoms with Crippen molar-refractivity contribution in [2.24, 2.45) is 0 Å². The van der Waals surface area contributed by atoms with Crippen LogP contribution in [-0.2, 0) is 4.79 Å². The van der Waals surface area contributed by atoms with E-state index in [1.807, 2.05) is 0 Å². The number of hydrogen-bond donors (Lipinski definition) is 2. The summed E-state index contributed by atoms with van der Waals surface area (Å²) in [6.07, 6.45) is 0.0292. The molecule has 82 valence electrons. The molecule has 1 aromatic rings. The zero-order valence-electron chi connectivity index (χ0n) is 7.84. The van der Waals surface area contributed by atoms with Crippen LogP contribution in [-0.4, -0.2) is 34.2 Å². The van der Waals surface area contributed by atoms with Crippen molar-refractivity contribution in [3.63, 3.8) is 0 Å². The summed E-state index contributed by atoms with van der Waals surface area (Å²) in [6, 6.07) is 2.93. The van der Waals surface area contributed by atoms with Gasteiger partial charge in [-0.15, -0.1) is 0 Å². The van der Waals surface area contributed by atoms with Gasteiger partial charge in [0.25, 0.3) is 0 Å². The largest absolute Gasteiger partial charge is 0.478 e. The van der Waals surface area contributed by atoms with Gasteiger partial charge in [-0.25, -0.2) is 9.59 Å². The molecule has 0 saturated carbocycles. The van der Waals surface area contributed by atoms with Gasteiger partial charge in [-0.05, 0) is 12.1 Å². The topological polar surface area (TPSA) is 109 Å². The Bertz CT molecular complexity index is 488. The Labute approximate surface area is 89.1 Å². The average Bonchev–Trinajstić information content (AvgIpc) is 2.26. The van der Waals surface area contributed by atoms with Gasteiger partial charge >= 0.3 is 11.9 Å². The normalized spacial score (nSPS) is 9.50. The Kier molecular flexibility index (Phi) is 3.14. The maximum absolute atomic E-state index is 11.0. The van der Waals surface area contributed by atoms with Crippen LogP contribution < -0.4 is 0 Å². The SMILES string of the molecule is O=CC(=O)c1ccc(C(=O)O)c(C(=O)O)c1. The molecule has 0 unspecified atom stereocenters. The molecular formula is C10H6O6. The van der Waals surface area contributed by atoms with Crippen LogP contribution in [0.25, 0.3) is 0 Å². The molecule has 16 heavy (non-hydrogen) atoms. The third-order valence-corrected chi connectivity index (χ3v) is 1.87. The molecule has 0 heterocycles. The minimum Gasteiger partial charge on any atom is -0.478 e. The van der Waals surface area contributed by atoms with Crippen LogP contribution in [0.4, 0.5) is 0 Å². The van der Waals surface area contributed by atoms with Crippen LogP contribution in [0.3, 0.4) is 0 Å². The van der Waals surface area contributed by atoms with E-state index in [0.717, 1.165) is 18.2 Å². The number of rotatable bonds is 4. The second kappa shape index (κ2) is 4.35. The number of benzene rings is 1. The smallest absolute Gasteiger partial charge is 0.336 e. The first-order valence-corrected chi connectivity index (χ1v) is 4.07. The van der Waals surface area contributed by atoms with Crippen molar-refractivity contribution in [2.75, 3.05) is 0 Å². The van der Waals surface area contributed by atoms with Gasteiger partial charge in [0.1, 0.15) is 0 Å². The third kappa shape index (κ3) is 2.11. The van der Waals surface area contributed by atoms with Gasteiger partial charge < -0.3 is 10.2 Å². The summed E-state index contributed by atoms with van der Waals surface area (Å²) in [5.41, 5.74) is -1.12. The molecule has 0 aliphatic carbocycles. The number of ketones is 1. The monoisotopic (exact) mass is 222 g/mol. The summed E-state index contributed by atoms with van der Waals surface area (Å²) in [5.74, 6) is -3.79. The summed E-state index contributed by atoms with van der Waals surface area (Å²) >= 11 is 0. The number of carbonyl (C=O) groups excluding carboxylic acids is 2. The number of carbonyl (C=O) groups is 4. The molecule has 0 aliphatic rings. The van der Waals surface area contributed by atoms with Gasteiger partial charge in [0.05, 0.1) is 11.1 Å². The number of aldehydes is 1. The number of Topliss-reactive ketones (excluding diaryl/α,β-unsaturated/α-hetero) is 1. The molecule has 6 nitrogen and oxygen atoms in total. The highest BCUT2D eigenvalue weighted by Crippen LogP contribution is 2.12. The summed E-state index contributed by atoms with van der Waals surface area (Å²) < 4.78 is 0. The Balaban J connectivity index is 3.39. The molecule has 6 heteroatoms. The zero-order chi connectivity index (χ0) is 12.3. The van der Waals surface area contributed by atoms with Gasteiger partial charge in [-0.2, -0.15) is 0 Å². The van der Waals surface area contributed by atoms with Crippen molar-refractivity contribution in [2.45, 2.75) is 0 Å². The minimum atomic E-state index is -1.47. The van der Waals surface area contributed by atoms with E-state index in [1.54, 1.807) is 0 Å². The number of carboxylic acids is 2. The Morgan fingerprint density at radius 3 is 2.00 bits per heavy atom. The minimum absolute atomic E-state index is 0.0292. The molecular weight excluding hydrogens is 216 g/mol. The quantitative estimate of drug-likeness (QED) is 0.435. The summed E-state index contributed by atoms with van der Waals surface area (Å²) in [5, 5.41) is 17.4. The van der Waals surface area contributed by atoms with Crippen molar-refractivity contribution in [1.82, 2.24) is 0 Å². The maximum atomic E-state index is 11.0. The highest BCUT2D eigenvalue weighted by Gasteiger charge is 2.18. The number of carboxylic acid groups (broad SMARTS) is 2. The molecule has 0 spiro atoms. The van der Waals surface area contributed by atoms with Gasteiger partial charge in [0.2, 0.25) is 5.78 Å². The van der Waals surface area contributed by atoms with E-state index in [9.17, 15) is 19.2 Å². The third-order valence-electron chi connectivity index (χ3n) is 1.87. The first-order chi connectivity index (χ1) is 7.47. The lowest BCUT2D eigenvalue weighted by Crippen LogP contribution is -2.10. The first kappa shape index (κ1) is 11.6. The molecule has 0 aliphatic heterocycles. The van der Waals surface area contributed by atoms with E-state index in [2.05, 4.69) is 0 Å². The van der Waals surface area contributed by atoms with Gasteiger partial charge in [0.15, 0.2) is 6.29 Å². The maximum Gasteiger partial charge on any atom is 0.336 e. The molecule has 0 amide bonds. The second-order valence-corrected chi connectivity index (χ2v) is 2.85. The van der Waals surface area contributed by atoms with Crippen LogP contribution in [0, 0.1) is 0 Å². The lowest BCUT2D eigenvalue weighted by Gasteiger charge is -2.02. The molecule has 1 aromatic carbocycles. The van der Waals surface area contributed by atoms with Gasteiger partial charge in [-0.3, -0.25) is 9.59 Å². The van der Waals surface area contributed by atoms with E-state index >= 15 is 0 Å². The lowest BCUT2D eigenvalue weighted by atomic mass is 10.0. The number of hydrogen-bond acceptors (Lipinski definition) is 4. The van der Waals surface area contributed by atoms with Crippen molar-refractivity contribution >= 4 is 24.0 Å². The molecule has 0 radical (unpaired) electrons. The molecule has 0 aromatic heterocycles. The molecule has 0 atom stereocenters. The molecule has 1 rings (SSSR count). The van der Waals surface area contributed by atoms with Crippen molar-refractivity contribution < 1.29 is 29.4 Å². The van der Waals surface area contributed by atoms with Crippen LogP contribution in [0.5, 0.6) is 0 Å².